The Labute approximate surface area is 124 Å². The molecule has 19 heavy (non-hydrogen) atoms. The number of nitrogens with one attached hydrogen (secondary N) is 1. The van der Waals surface area contributed by atoms with E-state index in [4.69, 9.17) is 23.2 Å². The third-order valence-electron chi connectivity index (χ3n) is 3.35. The summed E-state index contributed by atoms with van der Waals surface area (Å²) in [6.45, 7) is 7.16. The van der Waals surface area contributed by atoms with Crippen LogP contribution in [0.25, 0.3) is 0 Å². The van der Waals surface area contributed by atoms with Gasteiger partial charge in [-0.2, -0.15) is 0 Å². The standard InChI is InChI=1S/C16H17Cl2N/c1-10-6-12(3)13(7-11(10)2)9-19-16-5-4-14(17)8-15(16)18/h4-8,19H,9H2,1-3H3. The zero-order chi connectivity index (χ0) is 14.0. The number of hydrogen-bond acceptors (Lipinski definition) is 1. The highest BCUT2D eigenvalue weighted by atomic mass is 35.5. The lowest BCUT2D eigenvalue weighted by Gasteiger charge is -2.13. The van der Waals surface area contributed by atoms with Gasteiger partial charge in [0.05, 0.1) is 10.7 Å². The molecular formula is C16H17Cl2N. The Morgan fingerprint density at radius 2 is 1.58 bits per heavy atom. The predicted octanol–water partition coefficient (Wildman–Crippen LogP) is 5.53. The quantitative estimate of drug-likeness (QED) is 0.784. The molecule has 0 atom stereocenters. The highest BCUT2D eigenvalue weighted by molar-refractivity contribution is 6.36. The molecule has 0 unspecified atom stereocenters. The van der Waals surface area contributed by atoms with Gasteiger partial charge in [-0.15, -0.1) is 0 Å². The Balaban J connectivity index is 2.16. The van der Waals surface area contributed by atoms with Gasteiger partial charge in [0.2, 0.25) is 0 Å². The van der Waals surface area contributed by atoms with Gasteiger partial charge < -0.3 is 5.32 Å². The van der Waals surface area contributed by atoms with Crippen LogP contribution in [-0.2, 0) is 6.54 Å². The largest absolute Gasteiger partial charge is 0.380 e. The molecular weight excluding hydrogens is 277 g/mol. The molecule has 1 nitrogen and oxygen atoms in total. The normalized spacial score (nSPS) is 10.6. The van der Waals surface area contributed by atoms with Crippen molar-refractivity contribution in [3.05, 3.63) is 62.6 Å². The van der Waals surface area contributed by atoms with Crippen molar-refractivity contribution in [3.8, 4) is 0 Å². The molecule has 0 aliphatic rings. The van der Waals surface area contributed by atoms with Crippen molar-refractivity contribution in [1.82, 2.24) is 0 Å². The molecule has 0 saturated carbocycles. The second-order valence-electron chi connectivity index (χ2n) is 4.84. The number of benzene rings is 2. The van der Waals surface area contributed by atoms with Crippen LogP contribution in [0, 0.1) is 20.8 Å². The minimum Gasteiger partial charge on any atom is -0.380 e. The Hall–Kier alpha value is -1.18. The maximum absolute atomic E-state index is 6.15. The molecule has 2 rings (SSSR count). The van der Waals surface area contributed by atoms with E-state index < -0.39 is 0 Å². The van der Waals surface area contributed by atoms with E-state index in [2.05, 4.69) is 38.2 Å². The van der Waals surface area contributed by atoms with E-state index in [1.165, 1.54) is 22.3 Å². The third-order valence-corrected chi connectivity index (χ3v) is 3.90. The number of aryl methyl sites for hydroxylation is 3. The second-order valence-corrected chi connectivity index (χ2v) is 5.68. The van der Waals surface area contributed by atoms with Crippen LogP contribution in [0.3, 0.4) is 0 Å². The molecule has 3 heteroatoms. The van der Waals surface area contributed by atoms with Crippen LogP contribution in [0.15, 0.2) is 30.3 Å². The van der Waals surface area contributed by atoms with Gasteiger partial charge in [0.1, 0.15) is 0 Å². The molecule has 0 saturated heterocycles. The maximum atomic E-state index is 6.15. The first-order valence-corrected chi connectivity index (χ1v) is 6.98. The summed E-state index contributed by atoms with van der Waals surface area (Å²) in [6.07, 6.45) is 0. The van der Waals surface area contributed by atoms with Gasteiger partial charge in [-0.3, -0.25) is 0 Å². The van der Waals surface area contributed by atoms with Crippen LogP contribution < -0.4 is 5.32 Å². The van der Waals surface area contributed by atoms with Gasteiger partial charge in [-0.05, 0) is 61.2 Å². The monoisotopic (exact) mass is 293 g/mol. The third kappa shape index (κ3) is 3.43. The van der Waals surface area contributed by atoms with Crippen LogP contribution in [-0.4, -0.2) is 0 Å². The summed E-state index contributed by atoms with van der Waals surface area (Å²) in [6, 6.07) is 9.93. The highest BCUT2D eigenvalue weighted by Crippen LogP contribution is 2.26. The van der Waals surface area contributed by atoms with Crippen LogP contribution in [0.4, 0.5) is 5.69 Å². The predicted molar refractivity (Wildman–Crippen MR) is 84.4 cm³/mol. The molecule has 0 spiro atoms. The smallest absolute Gasteiger partial charge is 0.0652 e. The fraction of sp³-hybridized carbons (Fsp3) is 0.250. The van der Waals surface area contributed by atoms with E-state index in [1.807, 2.05) is 12.1 Å². The highest BCUT2D eigenvalue weighted by Gasteiger charge is 2.04. The fourth-order valence-corrected chi connectivity index (χ4v) is 2.51. The lowest BCUT2D eigenvalue weighted by Crippen LogP contribution is -2.03. The molecule has 0 heterocycles. The first kappa shape index (κ1) is 14.2. The molecule has 2 aromatic carbocycles. The molecule has 1 N–H and O–H groups in total. The summed E-state index contributed by atoms with van der Waals surface area (Å²) < 4.78 is 0. The van der Waals surface area contributed by atoms with Gasteiger partial charge in [0, 0.05) is 11.6 Å². The van der Waals surface area contributed by atoms with Crippen molar-refractivity contribution in [1.29, 1.82) is 0 Å². The zero-order valence-electron chi connectivity index (χ0n) is 11.3. The van der Waals surface area contributed by atoms with E-state index in [0.717, 1.165) is 12.2 Å². The average Bonchev–Trinajstić information content (AvgIpc) is 2.34. The Morgan fingerprint density at radius 3 is 2.26 bits per heavy atom. The van der Waals surface area contributed by atoms with E-state index >= 15 is 0 Å². The van der Waals surface area contributed by atoms with Crippen molar-refractivity contribution >= 4 is 28.9 Å². The average molecular weight is 294 g/mol. The zero-order valence-corrected chi connectivity index (χ0v) is 12.9. The topological polar surface area (TPSA) is 12.0 Å². The van der Waals surface area contributed by atoms with Gasteiger partial charge >= 0.3 is 0 Å². The molecule has 0 aliphatic carbocycles. The summed E-state index contributed by atoms with van der Waals surface area (Å²) >= 11 is 12.0. The molecule has 0 aromatic heterocycles. The second kappa shape index (κ2) is 5.85. The van der Waals surface area contributed by atoms with Gasteiger partial charge in [-0.1, -0.05) is 35.3 Å². The summed E-state index contributed by atoms with van der Waals surface area (Å²) in [4.78, 5) is 0. The first-order valence-electron chi connectivity index (χ1n) is 6.23. The lowest BCUT2D eigenvalue weighted by atomic mass is 10.0. The van der Waals surface area contributed by atoms with Crippen molar-refractivity contribution < 1.29 is 0 Å². The van der Waals surface area contributed by atoms with Crippen molar-refractivity contribution in [2.24, 2.45) is 0 Å². The van der Waals surface area contributed by atoms with E-state index in [1.54, 1.807) is 6.07 Å². The summed E-state index contributed by atoms with van der Waals surface area (Å²) in [7, 11) is 0. The van der Waals surface area contributed by atoms with E-state index in [9.17, 15) is 0 Å². The van der Waals surface area contributed by atoms with Gasteiger partial charge in [0.25, 0.3) is 0 Å². The summed E-state index contributed by atoms with van der Waals surface area (Å²) in [5.74, 6) is 0. The Kier molecular flexibility index (Phi) is 4.38. The SMILES string of the molecule is Cc1cc(C)c(CNc2ccc(Cl)cc2Cl)cc1C. The van der Waals surface area contributed by atoms with Crippen LogP contribution >= 0.6 is 23.2 Å². The first-order chi connectivity index (χ1) is 8.97. The number of hydrogen-bond donors (Lipinski definition) is 1. The number of rotatable bonds is 3. The molecule has 100 valence electrons. The van der Waals surface area contributed by atoms with Gasteiger partial charge in [-0.25, -0.2) is 0 Å². The fourth-order valence-electron chi connectivity index (χ4n) is 2.03. The van der Waals surface area contributed by atoms with E-state index in [0.29, 0.717) is 10.0 Å². The van der Waals surface area contributed by atoms with Gasteiger partial charge in [0.15, 0.2) is 0 Å². The van der Waals surface area contributed by atoms with Crippen molar-refractivity contribution in [2.75, 3.05) is 5.32 Å². The van der Waals surface area contributed by atoms with Crippen LogP contribution in [0.1, 0.15) is 22.3 Å². The number of halogens is 2. The van der Waals surface area contributed by atoms with Crippen LogP contribution in [0.2, 0.25) is 10.0 Å². The Morgan fingerprint density at radius 1 is 0.895 bits per heavy atom. The van der Waals surface area contributed by atoms with Crippen LogP contribution in [0.5, 0.6) is 0 Å². The van der Waals surface area contributed by atoms with Crippen molar-refractivity contribution in [2.45, 2.75) is 27.3 Å². The molecule has 0 aliphatic heterocycles. The summed E-state index contributed by atoms with van der Waals surface area (Å²) in [5, 5.41) is 4.65. The molecule has 0 radical (unpaired) electrons. The maximum Gasteiger partial charge on any atom is 0.0652 e. The summed E-state index contributed by atoms with van der Waals surface area (Å²) in [5.41, 5.74) is 6.12. The molecule has 0 amide bonds. The minimum atomic E-state index is 0.647. The van der Waals surface area contributed by atoms with E-state index in [-0.39, 0.29) is 0 Å². The van der Waals surface area contributed by atoms with Crippen molar-refractivity contribution in [3.63, 3.8) is 0 Å². The molecule has 0 fully saturated rings. The Bertz CT molecular complexity index is 606. The number of anilines is 1. The molecule has 2 aromatic rings. The molecule has 0 bridgehead atoms. The minimum absolute atomic E-state index is 0.647. The lowest BCUT2D eigenvalue weighted by molar-refractivity contribution is 1.10.